The van der Waals surface area contributed by atoms with Gasteiger partial charge in [-0.1, -0.05) is 11.2 Å². The van der Waals surface area contributed by atoms with Gasteiger partial charge in [0.25, 0.3) is 0 Å². The van der Waals surface area contributed by atoms with Gasteiger partial charge in [0, 0.05) is 11.8 Å². The lowest BCUT2D eigenvalue weighted by atomic mass is 10.1. The number of methoxy groups -OCH3 is 1. The first-order chi connectivity index (χ1) is 11.1. The summed E-state index contributed by atoms with van der Waals surface area (Å²) in [6, 6.07) is 8.41. The maximum atomic E-state index is 13.6. The van der Waals surface area contributed by atoms with Gasteiger partial charge in [-0.2, -0.15) is 9.07 Å². The van der Waals surface area contributed by atoms with Crippen LogP contribution in [0.4, 0.5) is 4.39 Å². The predicted octanol–water partition coefficient (Wildman–Crippen LogP) is 1.96. The number of nitrogens with zero attached hydrogens (tertiary/aromatic N) is 5. The van der Waals surface area contributed by atoms with Crippen LogP contribution in [0.5, 0.6) is 0 Å². The summed E-state index contributed by atoms with van der Waals surface area (Å²) < 4.78 is 19.3. The van der Waals surface area contributed by atoms with Gasteiger partial charge in [0.2, 0.25) is 0 Å². The Morgan fingerprint density at radius 1 is 1.26 bits per heavy atom. The van der Waals surface area contributed by atoms with E-state index < -0.39 is 12.0 Å². The number of tetrazole rings is 1. The molecule has 0 amide bonds. The molecule has 0 bridgehead atoms. The van der Waals surface area contributed by atoms with Crippen molar-refractivity contribution in [3.63, 3.8) is 0 Å². The van der Waals surface area contributed by atoms with Crippen molar-refractivity contribution >= 4 is 5.97 Å². The van der Waals surface area contributed by atoms with Crippen LogP contribution in [-0.4, -0.2) is 38.3 Å². The number of aromatic nitrogens is 5. The van der Waals surface area contributed by atoms with Gasteiger partial charge >= 0.3 is 12.0 Å². The Bertz CT molecular complexity index is 861. The van der Waals surface area contributed by atoms with Gasteiger partial charge in [-0.15, -0.1) is 0 Å². The van der Waals surface area contributed by atoms with Crippen LogP contribution in [0, 0.1) is 13.0 Å². The van der Waals surface area contributed by atoms with E-state index in [2.05, 4.69) is 20.5 Å². The average molecular weight is 313 g/mol. The standard InChI is InChI=1S/C15H12FN5O2/c1-9-3-4-13(17-8-9)10-5-11(14(22)23-2)7-12(6-10)21-15(16)18-19-20-21/h3-8H,1-2H3. The second-order valence-corrected chi connectivity index (χ2v) is 4.84. The molecule has 2 aromatic heterocycles. The topological polar surface area (TPSA) is 82.8 Å². The summed E-state index contributed by atoms with van der Waals surface area (Å²) in [6.45, 7) is 1.92. The third kappa shape index (κ3) is 2.91. The number of hydrogen-bond donors (Lipinski definition) is 0. The number of halogens is 1. The van der Waals surface area contributed by atoms with Gasteiger partial charge < -0.3 is 4.74 Å². The van der Waals surface area contributed by atoms with Crippen molar-refractivity contribution in [2.75, 3.05) is 7.11 Å². The molecule has 0 saturated carbocycles. The highest BCUT2D eigenvalue weighted by Gasteiger charge is 2.14. The van der Waals surface area contributed by atoms with Crippen LogP contribution in [0.25, 0.3) is 16.9 Å². The molecule has 0 aliphatic carbocycles. The van der Waals surface area contributed by atoms with Crippen LogP contribution in [0.1, 0.15) is 15.9 Å². The predicted molar refractivity (Wildman–Crippen MR) is 78.4 cm³/mol. The number of aryl methyl sites for hydroxylation is 1. The normalized spacial score (nSPS) is 10.6. The number of carbonyl (C=O) groups is 1. The van der Waals surface area contributed by atoms with Crippen LogP contribution in [0.3, 0.4) is 0 Å². The van der Waals surface area contributed by atoms with E-state index in [1.807, 2.05) is 19.1 Å². The minimum absolute atomic E-state index is 0.247. The van der Waals surface area contributed by atoms with Gasteiger partial charge in [0.05, 0.1) is 24.1 Å². The number of benzene rings is 1. The van der Waals surface area contributed by atoms with E-state index in [0.29, 0.717) is 16.9 Å². The molecular weight excluding hydrogens is 301 g/mol. The van der Waals surface area contributed by atoms with Crippen LogP contribution < -0.4 is 0 Å². The zero-order valence-electron chi connectivity index (χ0n) is 12.4. The van der Waals surface area contributed by atoms with Crippen molar-refractivity contribution in [1.82, 2.24) is 25.2 Å². The number of hydrogen-bond acceptors (Lipinski definition) is 6. The van der Waals surface area contributed by atoms with Gasteiger partial charge in [-0.05, 0) is 47.2 Å². The summed E-state index contributed by atoms with van der Waals surface area (Å²) >= 11 is 0. The lowest BCUT2D eigenvalue weighted by Crippen LogP contribution is -2.06. The summed E-state index contributed by atoms with van der Waals surface area (Å²) in [5, 5.41) is 10.0. The smallest absolute Gasteiger partial charge is 0.337 e. The minimum Gasteiger partial charge on any atom is -0.465 e. The fourth-order valence-corrected chi connectivity index (χ4v) is 2.09. The maximum Gasteiger partial charge on any atom is 0.337 e. The molecule has 0 N–H and O–H groups in total. The summed E-state index contributed by atoms with van der Waals surface area (Å²) in [5.74, 6) is -0.548. The first-order valence-electron chi connectivity index (χ1n) is 6.69. The molecule has 3 rings (SSSR count). The summed E-state index contributed by atoms with van der Waals surface area (Å²) in [6.07, 6.45) is 0.826. The van der Waals surface area contributed by atoms with Gasteiger partial charge in [0.1, 0.15) is 0 Å². The third-order valence-corrected chi connectivity index (χ3v) is 3.22. The molecule has 0 spiro atoms. The molecule has 0 saturated heterocycles. The first kappa shape index (κ1) is 14.8. The second-order valence-electron chi connectivity index (χ2n) is 4.84. The Balaban J connectivity index is 2.17. The fourth-order valence-electron chi connectivity index (χ4n) is 2.09. The van der Waals surface area contributed by atoms with Gasteiger partial charge in [-0.25, -0.2) is 4.79 Å². The van der Waals surface area contributed by atoms with Crippen molar-refractivity contribution in [2.24, 2.45) is 0 Å². The molecule has 2 heterocycles. The quantitative estimate of drug-likeness (QED) is 0.687. The number of ether oxygens (including phenoxy) is 1. The summed E-state index contributed by atoms with van der Waals surface area (Å²) in [4.78, 5) is 16.2. The average Bonchev–Trinajstić information content (AvgIpc) is 3.00. The molecule has 0 atom stereocenters. The fraction of sp³-hybridized carbons (Fsp3) is 0.133. The van der Waals surface area contributed by atoms with E-state index in [9.17, 15) is 9.18 Å². The second kappa shape index (κ2) is 5.91. The molecule has 0 fully saturated rings. The van der Waals surface area contributed by atoms with Crippen LogP contribution in [0.15, 0.2) is 36.5 Å². The Kier molecular flexibility index (Phi) is 3.80. The Hall–Kier alpha value is -3.16. The zero-order valence-corrected chi connectivity index (χ0v) is 12.4. The number of pyridine rings is 1. The molecule has 23 heavy (non-hydrogen) atoms. The Morgan fingerprint density at radius 2 is 2.09 bits per heavy atom. The van der Waals surface area contributed by atoms with E-state index in [1.54, 1.807) is 18.3 Å². The van der Waals surface area contributed by atoms with Crippen molar-refractivity contribution in [3.05, 3.63) is 53.7 Å². The van der Waals surface area contributed by atoms with E-state index in [1.165, 1.54) is 13.2 Å². The third-order valence-electron chi connectivity index (χ3n) is 3.22. The highest BCUT2D eigenvalue weighted by Crippen LogP contribution is 2.23. The highest BCUT2D eigenvalue weighted by atomic mass is 19.1. The van der Waals surface area contributed by atoms with Gasteiger partial charge in [-0.3, -0.25) is 4.98 Å². The van der Waals surface area contributed by atoms with Crippen LogP contribution >= 0.6 is 0 Å². The molecule has 0 radical (unpaired) electrons. The SMILES string of the molecule is COC(=O)c1cc(-c2ccc(C)cn2)cc(-n2nnnc2F)c1. The molecule has 0 aliphatic heterocycles. The monoisotopic (exact) mass is 313 g/mol. The number of carbonyl (C=O) groups excluding carboxylic acids is 1. The van der Waals surface area contributed by atoms with Crippen LogP contribution in [0.2, 0.25) is 0 Å². The number of esters is 1. The molecule has 3 aromatic rings. The van der Waals surface area contributed by atoms with E-state index in [-0.39, 0.29) is 5.56 Å². The van der Waals surface area contributed by atoms with Crippen molar-refractivity contribution in [1.29, 1.82) is 0 Å². The first-order valence-corrected chi connectivity index (χ1v) is 6.69. The minimum atomic E-state index is -0.880. The molecule has 1 aromatic carbocycles. The highest BCUT2D eigenvalue weighted by molar-refractivity contribution is 5.91. The lowest BCUT2D eigenvalue weighted by molar-refractivity contribution is 0.0600. The Morgan fingerprint density at radius 3 is 2.70 bits per heavy atom. The molecule has 116 valence electrons. The van der Waals surface area contributed by atoms with Crippen molar-refractivity contribution < 1.29 is 13.9 Å². The molecule has 8 heteroatoms. The number of rotatable bonds is 3. The summed E-state index contributed by atoms with van der Waals surface area (Å²) in [5.41, 5.74) is 2.81. The van der Waals surface area contributed by atoms with Crippen molar-refractivity contribution in [3.8, 4) is 16.9 Å². The molecule has 0 aliphatic rings. The van der Waals surface area contributed by atoms with Gasteiger partial charge in [0.15, 0.2) is 0 Å². The molecule has 7 nitrogen and oxygen atoms in total. The Labute approximate surface area is 130 Å². The largest absolute Gasteiger partial charge is 0.465 e. The summed E-state index contributed by atoms with van der Waals surface area (Å²) in [7, 11) is 1.27. The lowest BCUT2D eigenvalue weighted by Gasteiger charge is -2.08. The van der Waals surface area contributed by atoms with E-state index in [4.69, 9.17) is 4.74 Å². The molecular formula is C15H12FN5O2. The van der Waals surface area contributed by atoms with Crippen LogP contribution in [-0.2, 0) is 4.74 Å². The van der Waals surface area contributed by atoms with E-state index >= 15 is 0 Å². The van der Waals surface area contributed by atoms with E-state index in [0.717, 1.165) is 10.2 Å². The zero-order chi connectivity index (χ0) is 16.4. The molecule has 0 unspecified atom stereocenters. The van der Waals surface area contributed by atoms with Crippen molar-refractivity contribution in [2.45, 2.75) is 6.92 Å². The maximum absolute atomic E-state index is 13.6.